The number of carbonyl (C=O) groups is 1. The summed E-state index contributed by atoms with van der Waals surface area (Å²) in [5, 5.41) is 19.3. The van der Waals surface area contributed by atoms with E-state index in [2.05, 4.69) is 21.8 Å². The number of nitriles is 1. The van der Waals surface area contributed by atoms with Crippen LogP contribution in [0.5, 0.6) is 0 Å². The van der Waals surface area contributed by atoms with E-state index in [1.807, 2.05) is 50.4 Å². The maximum atomic E-state index is 12.0. The highest BCUT2D eigenvalue weighted by Gasteiger charge is 2.29. The van der Waals surface area contributed by atoms with E-state index in [0.717, 1.165) is 5.69 Å². The Morgan fingerprint density at radius 3 is 2.65 bits per heavy atom. The molecule has 2 N–H and O–H groups in total. The fourth-order valence-corrected chi connectivity index (χ4v) is 1.95. The molecule has 0 spiro atoms. The van der Waals surface area contributed by atoms with Crippen LogP contribution < -0.4 is 10.6 Å². The first-order valence-corrected chi connectivity index (χ1v) is 7.52. The van der Waals surface area contributed by atoms with Crippen LogP contribution in [0.3, 0.4) is 0 Å². The van der Waals surface area contributed by atoms with Gasteiger partial charge in [0.15, 0.2) is 0 Å². The van der Waals surface area contributed by atoms with E-state index >= 15 is 0 Å². The van der Waals surface area contributed by atoms with Gasteiger partial charge in [0, 0.05) is 12.3 Å². The minimum Gasteiger partial charge on any atom is -0.360 e. The molecule has 0 bridgehead atoms. The number of anilines is 1. The topological polar surface area (TPSA) is 82.7 Å². The quantitative estimate of drug-likeness (QED) is 0.858. The number of nitrogens with zero attached hydrogens (tertiary/aromatic N) is 3. The largest absolute Gasteiger partial charge is 0.360 e. The van der Waals surface area contributed by atoms with Gasteiger partial charge in [-0.25, -0.2) is 4.68 Å². The molecular formula is C17H21N5O. The Kier molecular flexibility index (Phi) is 5.02. The summed E-state index contributed by atoms with van der Waals surface area (Å²) in [6, 6.07) is 13.7. The summed E-state index contributed by atoms with van der Waals surface area (Å²) in [5.74, 6) is 0.387. The van der Waals surface area contributed by atoms with Gasteiger partial charge in [0.2, 0.25) is 5.91 Å². The third-order valence-corrected chi connectivity index (χ3v) is 3.83. The van der Waals surface area contributed by atoms with Gasteiger partial charge < -0.3 is 10.6 Å². The molecule has 1 heterocycles. The maximum Gasteiger partial charge on any atom is 0.240 e. The summed E-state index contributed by atoms with van der Waals surface area (Å²) in [4.78, 5) is 12.0. The highest BCUT2D eigenvalue weighted by atomic mass is 16.2. The number of carbonyl (C=O) groups excluding carboxylic acids is 1. The second-order valence-corrected chi connectivity index (χ2v) is 5.85. The number of nitrogens with one attached hydrogen (secondary N) is 2. The van der Waals surface area contributed by atoms with Crippen LogP contribution in [0.4, 0.5) is 5.82 Å². The lowest BCUT2D eigenvalue weighted by atomic mass is 9.90. The van der Waals surface area contributed by atoms with Crippen molar-refractivity contribution in [3.05, 3.63) is 42.6 Å². The summed E-state index contributed by atoms with van der Waals surface area (Å²) in [7, 11) is 0. The van der Waals surface area contributed by atoms with Gasteiger partial charge in [-0.15, -0.1) is 0 Å². The van der Waals surface area contributed by atoms with Crippen LogP contribution in [0.25, 0.3) is 5.69 Å². The zero-order valence-electron chi connectivity index (χ0n) is 13.6. The van der Waals surface area contributed by atoms with Crippen molar-refractivity contribution in [2.24, 2.45) is 5.92 Å². The number of hydrogen-bond acceptors (Lipinski definition) is 4. The third-order valence-electron chi connectivity index (χ3n) is 3.83. The van der Waals surface area contributed by atoms with Crippen molar-refractivity contribution in [1.29, 1.82) is 5.26 Å². The van der Waals surface area contributed by atoms with Gasteiger partial charge in [-0.1, -0.05) is 32.0 Å². The number of hydrogen-bond donors (Lipinski definition) is 2. The van der Waals surface area contributed by atoms with Crippen LogP contribution in [0, 0.1) is 17.2 Å². The predicted molar refractivity (Wildman–Crippen MR) is 89.1 cm³/mol. The number of para-hydroxylation sites is 1. The second kappa shape index (κ2) is 6.97. The molecule has 2 rings (SSSR count). The van der Waals surface area contributed by atoms with Crippen molar-refractivity contribution in [2.45, 2.75) is 26.3 Å². The molecule has 1 atom stereocenters. The summed E-state index contributed by atoms with van der Waals surface area (Å²) in [6.07, 6.45) is 1.82. The molecule has 0 saturated carbocycles. The molecule has 0 saturated heterocycles. The van der Waals surface area contributed by atoms with Crippen molar-refractivity contribution in [3.63, 3.8) is 0 Å². The van der Waals surface area contributed by atoms with Gasteiger partial charge >= 0.3 is 0 Å². The summed E-state index contributed by atoms with van der Waals surface area (Å²) in [6.45, 7) is 5.59. The van der Waals surface area contributed by atoms with Crippen LogP contribution in [0.2, 0.25) is 0 Å². The maximum absolute atomic E-state index is 12.0. The molecule has 6 heteroatoms. The summed E-state index contributed by atoms with van der Waals surface area (Å²) in [5.41, 5.74) is 0.0733. The second-order valence-electron chi connectivity index (χ2n) is 5.85. The predicted octanol–water partition coefficient (Wildman–Crippen LogP) is 2.34. The minimum absolute atomic E-state index is 0.0220. The number of amides is 1. The molecule has 0 fully saturated rings. The van der Waals surface area contributed by atoms with Crippen molar-refractivity contribution in [1.82, 2.24) is 15.1 Å². The van der Waals surface area contributed by atoms with Crippen molar-refractivity contribution < 1.29 is 4.79 Å². The monoisotopic (exact) mass is 311 g/mol. The van der Waals surface area contributed by atoms with Crippen LogP contribution in [0.1, 0.15) is 20.8 Å². The zero-order chi connectivity index (χ0) is 16.9. The van der Waals surface area contributed by atoms with E-state index in [4.69, 9.17) is 0 Å². The van der Waals surface area contributed by atoms with Crippen LogP contribution >= 0.6 is 0 Å². The lowest BCUT2D eigenvalue weighted by Gasteiger charge is -2.27. The van der Waals surface area contributed by atoms with Crippen molar-refractivity contribution in [3.8, 4) is 11.8 Å². The average molecular weight is 311 g/mol. The van der Waals surface area contributed by atoms with E-state index < -0.39 is 5.54 Å². The first kappa shape index (κ1) is 16.6. The van der Waals surface area contributed by atoms with Gasteiger partial charge in [-0.05, 0) is 25.0 Å². The van der Waals surface area contributed by atoms with Gasteiger partial charge in [0.1, 0.15) is 11.4 Å². The van der Waals surface area contributed by atoms with Crippen LogP contribution in [-0.4, -0.2) is 27.8 Å². The van der Waals surface area contributed by atoms with E-state index in [9.17, 15) is 10.1 Å². The van der Waals surface area contributed by atoms with E-state index in [1.165, 1.54) is 0 Å². The standard InChI is InChI=1S/C17H21N5O/c1-13(2)17(3,12-18)20-16(23)11-19-15-9-10-22(21-15)14-7-5-4-6-8-14/h4-10,13H,11H2,1-3H3,(H,19,21)(H,20,23). The number of benzene rings is 1. The molecule has 1 aromatic carbocycles. The van der Waals surface area contributed by atoms with Gasteiger partial charge in [0.25, 0.3) is 0 Å². The van der Waals surface area contributed by atoms with Crippen molar-refractivity contribution in [2.75, 3.05) is 11.9 Å². The van der Waals surface area contributed by atoms with E-state index in [0.29, 0.717) is 5.82 Å². The molecule has 23 heavy (non-hydrogen) atoms. The van der Waals surface area contributed by atoms with E-state index in [-0.39, 0.29) is 18.4 Å². The SMILES string of the molecule is CC(C)C(C)(C#N)NC(=O)CNc1ccn(-c2ccccc2)n1. The highest BCUT2D eigenvalue weighted by molar-refractivity contribution is 5.81. The minimum atomic E-state index is -0.873. The molecule has 2 aromatic rings. The van der Waals surface area contributed by atoms with Gasteiger partial charge in [-0.3, -0.25) is 4.79 Å². The van der Waals surface area contributed by atoms with Gasteiger partial charge in [0.05, 0.1) is 18.3 Å². The Labute approximate surface area is 136 Å². The Balaban J connectivity index is 1.93. The molecule has 0 aliphatic rings. The fourth-order valence-electron chi connectivity index (χ4n) is 1.95. The number of rotatable bonds is 6. The smallest absolute Gasteiger partial charge is 0.240 e. The van der Waals surface area contributed by atoms with E-state index in [1.54, 1.807) is 17.7 Å². The van der Waals surface area contributed by atoms with Crippen LogP contribution in [-0.2, 0) is 4.79 Å². The third kappa shape index (κ3) is 4.10. The van der Waals surface area contributed by atoms with Gasteiger partial charge in [-0.2, -0.15) is 10.4 Å². The molecule has 0 radical (unpaired) electrons. The van der Waals surface area contributed by atoms with Crippen LogP contribution in [0.15, 0.2) is 42.6 Å². The number of aromatic nitrogens is 2. The highest BCUT2D eigenvalue weighted by Crippen LogP contribution is 2.15. The fraction of sp³-hybridized carbons (Fsp3) is 0.353. The molecular weight excluding hydrogens is 290 g/mol. The summed E-state index contributed by atoms with van der Waals surface area (Å²) < 4.78 is 1.73. The molecule has 120 valence electrons. The summed E-state index contributed by atoms with van der Waals surface area (Å²) >= 11 is 0. The first-order chi connectivity index (χ1) is 10.9. The molecule has 0 aliphatic carbocycles. The Hall–Kier alpha value is -2.81. The molecule has 1 aromatic heterocycles. The normalized spacial score (nSPS) is 13.2. The van der Waals surface area contributed by atoms with Crippen molar-refractivity contribution >= 4 is 11.7 Å². The Morgan fingerprint density at radius 1 is 1.35 bits per heavy atom. The lowest BCUT2D eigenvalue weighted by molar-refractivity contribution is -0.121. The lowest BCUT2D eigenvalue weighted by Crippen LogP contribution is -2.50. The molecule has 1 unspecified atom stereocenters. The average Bonchev–Trinajstić information content (AvgIpc) is 3.02. The Morgan fingerprint density at radius 2 is 2.04 bits per heavy atom. The Bertz CT molecular complexity index is 701. The molecule has 0 aliphatic heterocycles. The first-order valence-electron chi connectivity index (χ1n) is 7.52. The molecule has 1 amide bonds. The molecule has 6 nitrogen and oxygen atoms in total. The zero-order valence-corrected chi connectivity index (χ0v) is 13.6.